The average molecular weight is 314 g/mol. The van der Waals surface area contributed by atoms with E-state index in [0.717, 1.165) is 0 Å². The molecule has 0 heterocycles. The molecule has 0 saturated carbocycles. The van der Waals surface area contributed by atoms with Crippen molar-refractivity contribution >= 4 is 17.6 Å². The number of phenolic OH excluding ortho intramolecular Hbond substituents is 1. The summed E-state index contributed by atoms with van der Waals surface area (Å²) < 4.78 is 10.4. The van der Waals surface area contributed by atoms with Crippen LogP contribution in [0.2, 0.25) is 0 Å². The van der Waals surface area contributed by atoms with Crippen LogP contribution in [-0.4, -0.2) is 29.9 Å². The number of aromatic hydroxyl groups is 1. The molecule has 5 nitrogen and oxygen atoms in total. The highest BCUT2D eigenvalue weighted by Crippen LogP contribution is 2.29. The molecule has 0 radical (unpaired) electrons. The minimum absolute atomic E-state index is 0.0188. The molecule has 2 aromatic rings. The number of phenols is 1. The Bertz CT molecular complexity index is 717. The zero-order chi connectivity index (χ0) is 16.8. The minimum Gasteiger partial charge on any atom is -0.504 e. The highest BCUT2D eigenvalue weighted by atomic mass is 16.5. The van der Waals surface area contributed by atoms with Crippen LogP contribution in [0.4, 0.5) is 0 Å². The van der Waals surface area contributed by atoms with E-state index in [9.17, 15) is 15.0 Å². The summed E-state index contributed by atoms with van der Waals surface area (Å²) in [5.41, 5.74) is 1.32. The van der Waals surface area contributed by atoms with Gasteiger partial charge in [0.15, 0.2) is 11.5 Å². The van der Waals surface area contributed by atoms with E-state index in [2.05, 4.69) is 0 Å². The van der Waals surface area contributed by atoms with E-state index in [1.165, 1.54) is 12.1 Å². The molecule has 0 atom stereocenters. The van der Waals surface area contributed by atoms with Gasteiger partial charge in [-0.25, -0.2) is 4.79 Å². The maximum atomic E-state index is 11.6. The number of hydrogen-bond acceptors (Lipinski definition) is 4. The number of ether oxygens (including phenoxy) is 2. The van der Waals surface area contributed by atoms with E-state index in [1.807, 2.05) is 6.92 Å². The lowest BCUT2D eigenvalue weighted by atomic mass is 10.0. The van der Waals surface area contributed by atoms with E-state index < -0.39 is 5.97 Å². The third-order valence-corrected chi connectivity index (χ3v) is 3.23. The fraction of sp³-hybridized carbons (Fsp3) is 0.167. The van der Waals surface area contributed by atoms with Gasteiger partial charge in [0, 0.05) is 0 Å². The molecule has 2 aromatic carbocycles. The van der Waals surface area contributed by atoms with Crippen LogP contribution in [0.25, 0.3) is 11.6 Å². The van der Waals surface area contributed by atoms with Crippen LogP contribution in [0.5, 0.6) is 17.2 Å². The highest BCUT2D eigenvalue weighted by molar-refractivity contribution is 6.20. The van der Waals surface area contributed by atoms with Gasteiger partial charge in [-0.05, 0) is 48.4 Å². The maximum Gasteiger partial charge on any atom is 0.336 e. The smallest absolute Gasteiger partial charge is 0.336 e. The molecule has 0 aromatic heterocycles. The Morgan fingerprint density at radius 2 is 1.87 bits per heavy atom. The van der Waals surface area contributed by atoms with Gasteiger partial charge in [0.25, 0.3) is 0 Å². The Hall–Kier alpha value is -2.95. The lowest BCUT2D eigenvalue weighted by molar-refractivity contribution is -0.130. The number of carboxylic acids is 1. The zero-order valence-electron chi connectivity index (χ0n) is 12.9. The van der Waals surface area contributed by atoms with E-state index in [-0.39, 0.29) is 11.3 Å². The Kier molecular flexibility index (Phi) is 5.25. The number of aliphatic carboxylic acids is 1. The standard InChI is InChI=1S/C18H18O5/c1-3-23-17-11-12(4-9-16(17)19)10-15(18(20)21)13-5-7-14(22-2)8-6-13/h4-11,19H,3H2,1-2H3,(H,20,21). The molecule has 0 aliphatic heterocycles. The van der Waals surface area contributed by atoms with Gasteiger partial charge in [-0.1, -0.05) is 18.2 Å². The molecular weight excluding hydrogens is 296 g/mol. The van der Waals surface area contributed by atoms with Crippen LogP contribution in [0.1, 0.15) is 18.1 Å². The number of benzene rings is 2. The molecule has 23 heavy (non-hydrogen) atoms. The second-order valence-corrected chi connectivity index (χ2v) is 4.75. The summed E-state index contributed by atoms with van der Waals surface area (Å²) in [5, 5.41) is 19.2. The van der Waals surface area contributed by atoms with Gasteiger partial charge in [-0.3, -0.25) is 0 Å². The van der Waals surface area contributed by atoms with E-state index >= 15 is 0 Å². The normalized spacial score (nSPS) is 11.1. The van der Waals surface area contributed by atoms with Gasteiger partial charge >= 0.3 is 5.97 Å². The van der Waals surface area contributed by atoms with Crippen LogP contribution >= 0.6 is 0 Å². The molecule has 0 aliphatic carbocycles. The summed E-state index contributed by atoms with van der Waals surface area (Å²) in [4.78, 5) is 11.6. The molecule has 2 N–H and O–H groups in total. The molecule has 5 heteroatoms. The molecule has 0 unspecified atom stereocenters. The van der Waals surface area contributed by atoms with Crippen molar-refractivity contribution in [2.75, 3.05) is 13.7 Å². The molecule has 120 valence electrons. The number of carboxylic acid groups (broad SMARTS) is 1. The second kappa shape index (κ2) is 7.35. The summed E-state index contributed by atoms with van der Waals surface area (Å²) in [6.07, 6.45) is 1.53. The van der Waals surface area contributed by atoms with Gasteiger partial charge in [0.1, 0.15) is 5.75 Å². The van der Waals surface area contributed by atoms with Crippen molar-refractivity contribution in [2.45, 2.75) is 6.92 Å². The second-order valence-electron chi connectivity index (χ2n) is 4.75. The summed E-state index contributed by atoms with van der Waals surface area (Å²) >= 11 is 0. The largest absolute Gasteiger partial charge is 0.504 e. The first-order valence-corrected chi connectivity index (χ1v) is 7.10. The summed E-state index contributed by atoms with van der Waals surface area (Å²) in [6.45, 7) is 2.22. The molecule has 0 spiro atoms. The zero-order valence-corrected chi connectivity index (χ0v) is 12.9. The van der Waals surface area contributed by atoms with Crippen molar-refractivity contribution in [1.82, 2.24) is 0 Å². The topological polar surface area (TPSA) is 76.0 Å². The van der Waals surface area contributed by atoms with E-state index in [0.29, 0.717) is 29.2 Å². The van der Waals surface area contributed by atoms with E-state index in [4.69, 9.17) is 9.47 Å². The Labute approximate surface area is 134 Å². The van der Waals surface area contributed by atoms with Crippen molar-refractivity contribution in [3.8, 4) is 17.2 Å². The van der Waals surface area contributed by atoms with Crippen molar-refractivity contribution in [2.24, 2.45) is 0 Å². The predicted octanol–water partition coefficient (Wildman–Crippen LogP) is 3.42. The third kappa shape index (κ3) is 4.03. The maximum absolute atomic E-state index is 11.6. The predicted molar refractivity (Wildman–Crippen MR) is 87.8 cm³/mol. The summed E-state index contributed by atoms with van der Waals surface area (Å²) in [5.74, 6) is -0.0472. The average Bonchev–Trinajstić information content (AvgIpc) is 2.55. The number of rotatable bonds is 6. The molecule has 0 saturated heterocycles. The molecular formula is C18H18O5. The Morgan fingerprint density at radius 1 is 1.17 bits per heavy atom. The first-order chi connectivity index (χ1) is 11.0. The van der Waals surface area contributed by atoms with Gasteiger partial charge in [0.2, 0.25) is 0 Å². The van der Waals surface area contributed by atoms with Crippen molar-refractivity contribution < 1.29 is 24.5 Å². The van der Waals surface area contributed by atoms with Gasteiger partial charge in [-0.15, -0.1) is 0 Å². The molecule has 0 amide bonds. The summed E-state index contributed by atoms with van der Waals surface area (Å²) in [7, 11) is 1.55. The Morgan fingerprint density at radius 3 is 2.43 bits per heavy atom. The van der Waals surface area contributed by atoms with Gasteiger partial charge < -0.3 is 19.7 Å². The molecule has 0 fully saturated rings. The van der Waals surface area contributed by atoms with Crippen LogP contribution in [0.3, 0.4) is 0 Å². The Balaban J connectivity index is 2.42. The fourth-order valence-corrected chi connectivity index (χ4v) is 2.10. The van der Waals surface area contributed by atoms with Crippen molar-refractivity contribution in [3.05, 3.63) is 53.6 Å². The van der Waals surface area contributed by atoms with E-state index in [1.54, 1.807) is 43.5 Å². The number of carbonyl (C=O) groups is 1. The monoisotopic (exact) mass is 314 g/mol. The lowest BCUT2D eigenvalue weighted by Gasteiger charge is -2.08. The SMILES string of the molecule is CCOc1cc(C=C(C(=O)O)c2ccc(OC)cc2)ccc1O. The molecule has 0 bridgehead atoms. The lowest BCUT2D eigenvalue weighted by Crippen LogP contribution is -2.00. The first-order valence-electron chi connectivity index (χ1n) is 7.10. The fourth-order valence-electron chi connectivity index (χ4n) is 2.10. The molecule has 0 aliphatic rings. The third-order valence-electron chi connectivity index (χ3n) is 3.23. The summed E-state index contributed by atoms with van der Waals surface area (Å²) in [6, 6.07) is 11.5. The van der Waals surface area contributed by atoms with Crippen molar-refractivity contribution in [1.29, 1.82) is 0 Å². The van der Waals surface area contributed by atoms with Crippen LogP contribution in [-0.2, 0) is 4.79 Å². The van der Waals surface area contributed by atoms with Crippen LogP contribution < -0.4 is 9.47 Å². The number of hydrogen-bond donors (Lipinski definition) is 2. The van der Waals surface area contributed by atoms with Crippen LogP contribution in [0.15, 0.2) is 42.5 Å². The van der Waals surface area contributed by atoms with Crippen molar-refractivity contribution in [3.63, 3.8) is 0 Å². The molecule has 2 rings (SSSR count). The van der Waals surface area contributed by atoms with Crippen LogP contribution in [0, 0.1) is 0 Å². The first kappa shape index (κ1) is 16.4. The highest BCUT2D eigenvalue weighted by Gasteiger charge is 2.11. The minimum atomic E-state index is -1.04. The quantitative estimate of drug-likeness (QED) is 0.631. The van der Waals surface area contributed by atoms with Gasteiger partial charge in [-0.2, -0.15) is 0 Å². The van der Waals surface area contributed by atoms with Gasteiger partial charge in [0.05, 0.1) is 19.3 Å². The number of methoxy groups -OCH3 is 1.